The van der Waals surface area contributed by atoms with Gasteiger partial charge < -0.3 is 10.1 Å². The van der Waals surface area contributed by atoms with E-state index in [1.807, 2.05) is 12.3 Å². The van der Waals surface area contributed by atoms with Crippen LogP contribution in [-0.4, -0.2) is 39.4 Å². The second-order valence-corrected chi connectivity index (χ2v) is 3.47. The highest BCUT2D eigenvalue weighted by Crippen LogP contribution is 2.10. The molecule has 0 radical (unpaired) electrons. The second-order valence-electron chi connectivity index (χ2n) is 3.47. The summed E-state index contributed by atoms with van der Waals surface area (Å²) < 4.78 is 6.44. The van der Waals surface area contributed by atoms with E-state index in [1.165, 1.54) is 19.6 Å². The molecule has 0 fully saturated rings. The van der Waals surface area contributed by atoms with Gasteiger partial charge in [0.15, 0.2) is 0 Å². The zero-order valence-corrected chi connectivity index (χ0v) is 9.91. The molecule has 0 aliphatic heterocycles. The summed E-state index contributed by atoms with van der Waals surface area (Å²) >= 11 is 0. The monoisotopic (exact) mass is 247 g/mol. The zero-order valence-electron chi connectivity index (χ0n) is 9.91. The first-order chi connectivity index (χ1) is 8.81. The fourth-order valence-electron chi connectivity index (χ4n) is 1.45. The Bertz CT molecular complexity index is 512. The predicted molar refractivity (Wildman–Crippen MR) is 64.1 cm³/mol. The van der Waals surface area contributed by atoms with Crippen molar-refractivity contribution < 1.29 is 9.53 Å². The van der Waals surface area contributed by atoms with Crippen molar-refractivity contribution in [3.8, 4) is 0 Å². The van der Waals surface area contributed by atoms with Crippen LogP contribution in [0.15, 0.2) is 31.0 Å². The molecule has 0 aromatic carbocycles. The zero-order chi connectivity index (χ0) is 12.8. The Hall–Kier alpha value is -2.44. The van der Waals surface area contributed by atoms with E-state index in [9.17, 15) is 4.79 Å². The molecule has 94 valence electrons. The number of carbonyl (C=O) groups excluding carboxylic acids is 1. The highest BCUT2D eigenvalue weighted by Gasteiger charge is 2.12. The van der Waals surface area contributed by atoms with Gasteiger partial charge in [-0.1, -0.05) is 0 Å². The minimum absolute atomic E-state index is 0.320. The fourth-order valence-corrected chi connectivity index (χ4v) is 1.45. The number of ether oxygens (including phenoxy) is 1. The largest absolute Gasteiger partial charge is 0.465 e. The van der Waals surface area contributed by atoms with Crippen LogP contribution in [0, 0.1) is 0 Å². The molecule has 0 saturated heterocycles. The van der Waals surface area contributed by atoms with Crippen LogP contribution < -0.4 is 5.32 Å². The van der Waals surface area contributed by atoms with Crippen molar-refractivity contribution in [1.82, 2.24) is 19.7 Å². The lowest BCUT2D eigenvalue weighted by molar-refractivity contribution is 0.0601. The first-order valence-corrected chi connectivity index (χ1v) is 5.41. The van der Waals surface area contributed by atoms with Crippen molar-refractivity contribution in [3.05, 3.63) is 36.5 Å². The molecule has 7 nitrogen and oxygen atoms in total. The lowest BCUT2D eigenvalue weighted by Gasteiger charge is -2.08. The first-order valence-electron chi connectivity index (χ1n) is 5.41. The fraction of sp³-hybridized carbons (Fsp3) is 0.273. The Balaban J connectivity index is 1.98. The predicted octanol–water partition coefficient (Wildman–Crippen LogP) is 0.572. The van der Waals surface area contributed by atoms with E-state index in [-0.39, 0.29) is 0 Å². The number of hydrogen-bond acceptors (Lipinski definition) is 6. The number of nitrogens with zero attached hydrogens (tertiary/aromatic N) is 4. The van der Waals surface area contributed by atoms with Crippen LogP contribution >= 0.6 is 0 Å². The van der Waals surface area contributed by atoms with E-state index in [0.29, 0.717) is 24.5 Å². The third-order valence-corrected chi connectivity index (χ3v) is 2.31. The van der Waals surface area contributed by atoms with Gasteiger partial charge in [0.05, 0.1) is 13.7 Å². The smallest absolute Gasteiger partial charge is 0.343 e. The number of esters is 1. The molecule has 1 N–H and O–H groups in total. The van der Waals surface area contributed by atoms with E-state index in [2.05, 4.69) is 25.1 Å². The maximum Gasteiger partial charge on any atom is 0.343 e. The first kappa shape index (κ1) is 12.0. The number of hydrogen-bond donors (Lipinski definition) is 1. The van der Waals surface area contributed by atoms with Crippen molar-refractivity contribution in [2.24, 2.45) is 0 Å². The summed E-state index contributed by atoms with van der Waals surface area (Å²) in [5, 5.41) is 7.13. The highest BCUT2D eigenvalue weighted by molar-refractivity contribution is 5.94. The lowest BCUT2D eigenvalue weighted by Crippen LogP contribution is -2.15. The quantitative estimate of drug-likeness (QED) is 0.778. The molecular formula is C11H13N5O2. The minimum atomic E-state index is -0.461. The Labute approximate surface area is 104 Å². The average molecular weight is 247 g/mol. The Morgan fingerprint density at radius 1 is 1.56 bits per heavy atom. The van der Waals surface area contributed by atoms with Gasteiger partial charge in [-0.2, -0.15) is 5.10 Å². The SMILES string of the molecule is COC(=O)c1cncnc1NCCn1cccn1. The molecule has 0 saturated carbocycles. The molecule has 2 aromatic heterocycles. The number of carbonyl (C=O) groups is 1. The van der Waals surface area contributed by atoms with Crippen LogP contribution in [0.4, 0.5) is 5.82 Å². The summed E-state index contributed by atoms with van der Waals surface area (Å²) in [6, 6.07) is 1.85. The highest BCUT2D eigenvalue weighted by atomic mass is 16.5. The molecule has 18 heavy (non-hydrogen) atoms. The topological polar surface area (TPSA) is 81.9 Å². The maximum absolute atomic E-state index is 11.5. The van der Waals surface area contributed by atoms with Crippen LogP contribution in [0.2, 0.25) is 0 Å². The van der Waals surface area contributed by atoms with Gasteiger partial charge in [0.25, 0.3) is 0 Å². The Kier molecular flexibility index (Phi) is 3.85. The van der Waals surface area contributed by atoms with Gasteiger partial charge in [-0.3, -0.25) is 4.68 Å². The van der Waals surface area contributed by atoms with E-state index < -0.39 is 5.97 Å². The number of methoxy groups -OCH3 is 1. The van der Waals surface area contributed by atoms with Crippen molar-refractivity contribution in [2.45, 2.75) is 6.54 Å². The van der Waals surface area contributed by atoms with Crippen molar-refractivity contribution in [3.63, 3.8) is 0 Å². The van der Waals surface area contributed by atoms with Gasteiger partial charge in [-0.25, -0.2) is 14.8 Å². The van der Waals surface area contributed by atoms with Gasteiger partial charge in [-0.15, -0.1) is 0 Å². The van der Waals surface area contributed by atoms with Crippen molar-refractivity contribution >= 4 is 11.8 Å². The van der Waals surface area contributed by atoms with Gasteiger partial charge in [-0.05, 0) is 6.07 Å². The van der Waals surface area contributed by atoms with E-state index in [0.717, 1.165) is 0 Å². The molecule has 0 aliphatic carbocycles. The van der Waals surface area contributed by atoms with Crippen LogP contribution in [-0.2, 0) is 11.3 Å². The summed E-state index contributed by atoms with van der Waals surface area (Å²) in [6.07, 6.45) is 6.38. The van der Waals surface area contributed by atoms with E-state index in [4.69, 9.17) is 0 Å². The lowest BCUT2D eigenvalue weighted by atomic mass is 10.3. The van der Waals surface area contributed by atoms with Crippen molar-refractivity contribution in [1.29, 1.82) is 0 Å². The molecular weight excluding hydrogens is 234 g/mol. The number of rotatable bonds is 5. The molecule has 0 aliphatic rings. The summed E-state index contributed by atoms with van der Waals surface area (Å²) in [5.41, 5.74) is 0.320. The normalized spacial score (nSPS) is 10.1. The molecule has 2 rings (SSSR count). The van der Waals surface area contributed by atoms with E-state index in [1.54, 1.807) is 10.9 Å². The van der Waals surface area contributed by atoms with Gasteiger partial charge in [0.1, 0.15) is 17.7 Å². The summed E-state index contributed by atoms with van der Waals surface area (Å²) in [4.78, 5) is 19.3. The Morgan fingerprint density at radius 3 is 3.17 bits per heavy atom. The van der Waals surface area contributed by atoms with Crippen LogP contribution in [0.3, 0.4) is 0 Å². The second kappa shape index (κ2) is 5.76. The molecule has 0 atom stereocenters. The van der Waals surface area contributed by atoms with Gasteiger partial charge in [0, 0.05) is 25.1 Å². The molecule has 0 bridgehead atoms. The van der Waals surface area contributed by atoms with E-state index >= 15 is 0 Å². The minimum Gasteiger partial charge on any atom is -0.465 e. The Morgan fingerprint density at radius 2 is 2.44 bits per heavy atom. The van der Waals surface area contributed by atoms with Crippen LogP contribution in [0.1, 0.15) is 10.4 Å². The van der Waals surface area contributed by atoms with Crippen molar-refractivity contribution in [2.75, 3.05) is 19.0 Å². The molecule has 7 heteroatoms. The number of anilines is 1. The van der Waals surface area contributed by atoms with Crippen LogP contribution in [0.5, 0.6) is 0 Å². The van der Waals surface area contributed by atoms with Gasteiger partial charge >= 0.3 is 5.97 Å². The average Bonchev–Trinajstić information content (AvgIpc) is 2.92. The summed E-state index contributed by atoms with van der Waals surface area (Å²) in [5.74, 6) is 0.00111. The van der Waals surface area contributed by atoms with Crippen LogP contribution in [0.25, 0.3) is 0 Å². The number of aromatic nitrogens is 4. The summed E-state index contributed by atoms with van der Waals surface area (Å²) in [7, 11) is 1.32. The molecule has 0 amide bonds. The molecule has 2 heterocycles. The third kappa shape index (κ3) is 2.82. The molecule has 0 unspecified atom stereocenters. The van der Waals surface area contributed by atoms with Gasteiger partial charge in [0.2, 0.25) is 0 Å². The maximum atomic E-state index is 11.5. The number of nitrogens with one attached hydrogen (secondary N) is 1. The third-order valence-electron chi connectivity index (χ3n) is 2.31. The molecule has 2 aromatic rings. The summed E-state index contributed by atoms with van der Waals surface area (Å²) in [6.45, 7) is 1.28. The standard InChI is InChI=1S/C11H13N5O2/c1-18-11(17)9-7-12-8-14-10(9)13-4-6-16-5-2-3-15-16/h2-3,5,7-8H,4,6H2,1H3,(H,12,13,14). The molecule has 0 spiro atoms.